The van der Waals surface area contributed by atoms with E-state index in [2.05, 4.69) is 5.32 Å². The van der Waals surface area contributed by atoms with Crippen LogP contribution in [0.1, 0.15) is 18.9 Å². The van der Waals surface area contributed by atoms with Crippen molar-refractivity contribution in [2.24, 2.45) is 0 Å². The third kappa shape index (κ3) is 5.93. The third-order valence-electron chi connectivity index (χ3n) is 4.05. The molecule has 9 heteroatoms. The van der Waals surface area contributed by atoms with Crippen molar-refractivity contribution in [3.8, 4) is 0 Å². The van der Waals surface area contributed by atoms with E-state index in [1.165, 1.54) is 4.31 Å². The second-order valence-electron chi connectivity index (χ2n) is 6.13. The molecule has 0 saturated carbocycles. The predicted octanol–water partition coefficient (Wildman–Crippen LogP) is 0.716. The fourth-order valence-corrected chi connectivity index (χ4v) is 3.98. The van der Waals surface area contributed by atoms with Crippen molar-refractivity contribution in [1.82, 2.24) is 9.62 Å². The molecule has 1 fully saturated rings. The summed E-state index contributed by atoms with van der Waals surface area (Å²) in [5.74, 6) is -0.687. The molecular formula is C16H23ClN2O5S. The Balaban J connectivity index is 1.82. The van der Waals surface area contributed by atoms with Gasteiger partial charge in [-0.05, 0) is 24.6 Å². The number of carbonyl (C=O) groups is 1. The van der Waals surface area contributed by atoms with Crippen LogP contribution in [0.5, 0.6) is 0 Å². The van der Waals surface area contributed by atoms with Crippen molar-refractivity contribution < 1.29 is 23.1 Å². The summed E-state index contributed by atoms with van der Waals surface area (Å²) in [7, 11) is -3.47. The van der Waals surface area contributed by atoms with Gasteiger partial charge in [-0.3, -0.25) is 4.79 Å². The van der Waals surface area contributed by atoms with Crippen LogP contribution in [0.3, 0.4) is 0 Å². The average Bonchev–Trinajstić information content (AvgIpc) is 2.59. The molecule has 7 nitrogen and oxygen atoms in total. The zero-order valence-electron chi connectivity index (χ0n) is 14.1. The highest BCUT2D eigenvalue weighted by atomic mass is 35.5. The van der Waals surface area contributed by atoms with Gasteiger partial charge in [-0.25, -0.2) is 8.42 Å². The molecule has 1 aromatic carbocycles. The van der Waals surface area contributed by atoms with E-state index in [0.717, 1.165) is 0 Å². The van der Waals surface area contributed by atoms with Crippen LogP contribution in [0.4, 0.5) is 0 Å². The van der Waals surface area contributed by atoms with E-state index in [1.54, 1.807) is 31.2 Å². The number of halogens is 1. The normalized spacial score (nSPS) is 18.5. The van der Waals surface area contributed by atoms with Gasteiger partial charge in [0.1, 0.15) is 5.60 Å². The number of ether oxygens (including phenoxy) is 1. The zero-order valence-corrected chi connectivity index (χ0v) is 15.6. The maximum Gasteiger partial charge on any atom is 0.221 e. The van der Waals surface area contributed by atoms with Crippen molar-refractivity contribution >= 4 is 27.5 Å². The first-order valence-electron chi connectivity index (χ1n) is 8.01. The highest BCUT2D eigenvalue weighted by Gasteiger charge is 2.26. The molecule has 2 rings (SSSR count). The molecule has 0 spiro atoms. The lowest BCUT2D eigenvalue weighted by Crippen LogP contribution is -2.43. The first-order valence-corrected chi connectivity index (χ1v) is 10.0. The Labute approximate surface area is 153 Å². The molecule has 1 aliphatic rings. The molecule has 1 atom stereocenters. The van der Waals surface area contributed by atoms with Crippen LogP contribution < -0.4 is 5.32 Å². The van der Waals surface area contributed by atoms with Crippen molar-refractivity contribution in [3.05, 3.63) is 34.9 Å². The van der Waals surface area contributed by atoms with Gasteiger partial charge in [-0.1, -0.05) is 23.7 Å². The van der Waals surface area contributed by atoms with E-state index >= 15 is 0 Å². The van der Waals surface area contributed by atoms with Crippen LogP contribution in [-0.4, -0.2) is 62.3 Å². The topological polar surface area (TPSA) is 95.9 Å². The van der Waals surface area contributed by atoms with E-state index in [1.807, 2.05) is 0 Å². The molecule has 1 unspecified atom stereocenters. The number of nitrogens with zero attached hydrogens (tertiary/aromatic N) is 1. The zero-order chi connectivity index (χ0) is 18.5. The van der Waals surface area contributed by atoms with Gasteiger partial charge in [0.25, 0.3) is 0 Å². The van der Waals surface area contributed by atoms with Crippen molar-refractivity contribution in [1.29, 1.82) is 0 Å². The van der Waals surface area contributed by atoms with Gasteiger partial charge in [-0.2, -0.15) is 4.31 Å². The average molecular weight is 391 g/mol. The molecule has 2 N–H and O–H groups in total. The summed E-state index contributed by atoms with van der Waals surface area (Å²) in [4.78, 5) is 12.0. The maximum atomic E-state index is 12.2. The lowest BCUT2D eigenvalue weighted by molar-refractivity contribution is -0.121. The number of rotatable bonds is 7. The summed E-state index contributed by atoms with van der Waals surface area (Å²) >= 11 is 5.82. The van der Waals surface area contributed by atoms with E-state index in [9.17, 15) is 18.3 Å². The molecule has 1 aliphatic heterocycles. The molecule has 25 heavy (non-hydrogen) atoms. The number of aliphatic hydroxyl groups is 1. The third-order valence-corrected chi connectivity index (χ3v) is 6.17. The lowest BCUT2D eigenvalue weighted by atomic mass is 9.96. The van der Waals surface area contributed by atoms with Gasteiger partial charge in [0.15, 0.2) is 0 Å². The number of carbonyl (C=O) groups excluding carboxylic acids is 1. The lowest BCUT2D eigenvalue weighted by Gasteiger charge is -2.26. The second-order valence-corrected chi connectivity index (χ2v) is 8.66. The van der Waals surface area contributed by atoms with Crippen LogP contribution in [-0.2, 0) is 25.2 Å². The number of hydrogen-bond acceptors (Lipinski definition) is 5. The molecule has 0 aliphatic carbocycles. The monoisotopic (exact) mass is 390 g/mol. The fraction of sp³-hybridized carbons (Fsp3) is 0.562. The summed E-state index contributed by atoms with van der Waals surface area (Å²) in [5.41, 5.74) is -0.665. The molecule has 0 bridgehead atoms. The van der Waals surface area contributed by atoms with E-state index in [4.69, 9.17) is 16.3 Å². The number of amides is 1. The minimum atomic E-state index is -3.47. The van der Waals surface area contributed by atoms with Crippen molar-refractivity contribution in [2.45, 2.75) is 18.9 Å². The summed E-state index contributed by atoms with van der Waals surface area (Å²) in [5, 5.41) is 13.6. The molecule has 1 heterocycles. The maximum absolute atomic E-state index is 12.2. The molecule has 1 aromatic rings. The van der Waals surface area contributed by atoms with Crippen LogP contribution >= 0.6 is 11.6 Å². The molecular weight excluding hydrogens is 368 g/mol. The standard InChI is InChI=1S/C16H23ClN2O5S/c1-16(21,13-2-4-14(17)5-3-13)12-18-15(20)6-11-25(22,23)19-7-9-24-10-8-19/h2-5,21H,6-12H2,1H3,(H,18,20). The van der Waals surface area contributed by atoms with Crippen LogP contribution in [0.15, 0.2) is 24.3 Å². The second kappa shape index (κ2) is 8.46. The molecule has 140 valence electrons. The number of benzene rings is 1. The Morgan fingerprint density at radius 1 is 1.32 bits per heavy atom. The Bertz CT molecular complexity index is 685. The Morgan fingerprint density at radius 2 is 1.92 bits per heavy atom. The number of sulfonamides is 1. The van der Waals surface area contributed by atoms with Crippen molar-refractivity contribution in [2.75, 3.05) is 38.6 Å². The van der Waals surface area contributed by atoms with Gasteiger partial charge < -0.3 is 15.2 Å². The quantitative estimate of drug-likeness (QED) is 0.715. The Hall–Kier alpha value is -1.19. The minimum Gasteiger partial charge on any atom is -0.384 e. The fourth-order valence-electron chi connectivity index (χ4n) is 2.45. The van der Waals surface area contributed by atoms with Gasteiger partial charge in [0.05, 0.1) is 25.5 Å². The first kappa shape index (κ1) is 20.1. The Morgan fingerprint density at radius 3 is 2.52 bits per heavy atom. The van der Waals surface area contributed by atoms with Crippen molar-refractivity contribution in [3.63, 3.8) is 0 Å². The van der Waals surface area contributed by atoms with Gasteiger partial charge >= 0.3 is 0 Å². The predicted molar refractivity (Wildman–Crippen MR) is 94.8 cm³/mol. The molecule has 0 aromatic heterocycles. The summed E-state index contributed by atoms with van der Waals surface area (Å²) in [6.45, 7) is 2.92. The smallest absolute Gasteiger partial charge is 0.221 e. The highest BCUT2D eigenvalue weighted by Crippen LogP contribution is 2.21. The Kier molecular flexibility index (Phi) is 6.81. The molecule has 0 radical (unpaired) electrons. The first-order chi connectivity index (χ1) is 11.7. The number of nitrogens with one attached hydrogen (secondary N) is 1. The largest absolute Gasteiger partial charge is 0.384 e. The van der Waals surface area contributed by atoms with E-state index in [0.29, 0.717) is 36.9 Å². The molecule has 1 saturated heterocycles. The van der Waals surface area contributed by atoms with Gasteiger partial charge in [0.2, 0.25) is 15.9 Å². The highest BCUT2D eigenvalue weighted by molar-refractivity contribution is 7.89. The summed E-state index contributed by atoms with van der Waals surface area (Å²) < 4.78 is 30.8. The van der Waals surface area contributed by atoms with Gasteiger partial charge in [-0.15, -0.1) is 0 Å². The SMILES string of the molecule is CC(O)(CNC(=O)CCS(=O)(=O)N1CCOCC1)c1ccc(Cl)cc1. The van der Waals surface area contributed by atoms with Crippen LogP contribution in [0, 0.1) is 0 Å². The number of hydrogen-bond donors (Lipinski definition) is 2. The summed E-state index contributed by atoms with van der Waals surface area (Å²) in [6, 6.07) is 6.67. The van der Waals surface area contributed by atoms with Crippen LogP contribution in [0.2, 0.25) is 5.02 Å². The minimum absolute atomic E-state index is 0.0228. The number of morpholine rings is 1. The van der Waals surface area contributed by atoms with E-state index in [-0.39, 0.29) is 18.7 Å². The summed E-state index contributed by atoms with van der Waals surface area (Å²) in [6.07, 6.45) is -0.156. The van der Waals surface area contributed by atoms with E-state index < -0.39 is 21.5 Å². The van der Waals surface area contributed by atoms with Gasteiger partial charge in [0, 0.05) is 24.5 Å². The molecule has 1 amide bonds. The van der Waals surface area contributed by atoms with Crippen LogP contribution in [0.25, 0.3) is 0 Å².